The fraction of sp³-hybridized carbons (Fsp3) is 0.154. The van der Waals surface area contributed by atoms with Crippen LogP contribution in [0.25, 0.3) is 12.2 Å². The number of imide groups is 1. The standard InChI is InChI=1S/C26H22N2O5/c1-32-23-17-18(11-13-19-7-4-5-15-27-19)12-14-22(23)33-24(29)10-6-16-28-25(30)20-8-2-3-9-21(20)26(28)31/h2-5,7-9,11-15,17H,6,10,16H2,1H3/b13-11+. The van der Waals surface area contributed by atoms with Crippen molar-refractivity contribution in [1.82, 2.24) is 9.88 Å². The van der Waals surface area contributed by atoms with Crippen molar-refractivity contribution < 1.29 is 23.9 Å². The predicted molar refractivity (Wildman–Crippen MR) is 123 cm³/mol. The van der Waals surface area contributed by atoms with Crippen LogP contribution in [-0.2, 0) is 4.79 Å². The number of nitrogens with zero attached hydrogens (tertiary/aromatic N) is 2. The Hall–Kier alpha value is -4.26. The highest BCUT2D eigenvalue weighted by Crippen LogP contribution is 2.29. The molecule has 0 aliphatic carbocycles. The minimum absolute atomic E-state index is 0.0535. The highest BCUT2D eigenvalue weighted by molar-refractivity contribution is 6.21. The van der Waals surface area contributed by atoms with E-state index in [2.05, 4.69) is 4.98 Å². The van der Waals surface area contributed by atoms with Gasteiger partial charge < -0.3 is 9.47 Å². The lowest BCUT2D eigenvalue weighted by Crippen LogP contribution is -2.31. The zero-order chi connectivity index (χ0) is 23.2. The second-order valence-electron chi connectivity index (χ2n) is 7.38. The minimum atomic E-state index is -0.471. The van der Waals surface area contributed by atoms with E-state index in [0.717, 1.165) is 11.3 Å². The van der Waals surface area contributed by atoms with Crippen molar-refractivity contribution in [3.05, 3.63) is 89.2 Å². The molecule has 4 rings (SSSR count). The quantitative estimate of drug-likeness (QED) is 0.295. The zero-order valence-electron chi connectivity index (χ0n) is 18.1. The molecule has 2 heterocycles. The van der Waals surface area contributed by atoms with Crippen LogP contribution in [0.15, 0.2) is 66.9 Å². The Morgan fingerprint density at radius 2 is 1.67 bits per heavy atom. The molecular formula is C26H22N2O5. The maximum absolute atomic E-state index is 12.4. The van der Waals surface area contributed by atoms with Gasteiger partial charge in [-0.1, -0.05) is 30.3 Å². The lowest BCUT2D eigenvalue weighted by atomic mass is 10.1. The van der Waals surface area contributed by atoms with E-state index in [9.17, 15) is 14.4 Å². The Bertz CT molecular complexity index is 1190. The molecule has 0 unspecified atom stereocenters. The van der Waals surface area contributed by atoms with E-state index in [1.54, 1.807) is 42.6 Å². The third-order valence-corrected chi connectivity index (χ3v) is 5.19. The van der Waals surface area contributed by atoms with E-state index in [4.69, 9.17) is 9.47 Å². The molecule has 0 N–H and O–H groups in total. The summed E-state index contributed by atoms with van der Waals surface area (Å²) in [6, 6.07) is 17.6. The minimum Gasteiger partial charge on any atom is -0.493 e. The second-order valence-corrected chi connectivity index (χ2v) is 7.38. The number of hydrogen-bond donors (Lipinski definition) is 0. The van der Waals surface area contributed by atoms with Gasteiger partial charge in [-0.2, -0.15) is 0 Å². The van der Waals surface area contributed by atoms with E-state index >= 15 is 0 Å². The first-order valence-electron chi connectivity index (χ1n) is 10.5. The number of methoxy groups -OCH3 is 1. The van der Waals surface area contributed by atoms with Crippen molar-refractivity contribution in [2.24, 2.45) is 0 Å². The van der Waals surface area contributed by atoms with E-state index in [1.165, 1.54) is 12.0 Å². The molecule has 33 heavy (non-hydrogen) atoms. The molecule has 2 amide bonds. The molecule has 1 aliphatic heterocycles. The molecule has 166 valence electrons. The van der Waals surface area contributed by atoms with Gasteiger partial charge in [-0.05, 0) is 54.5 Å². The molecule has 1 aromatic heterocycles. The Kier molecular flexibility index (Phi) is 6.59. The summed E-state index contributed by atoms with van der Waals surface area (Å²) in [6.45, 7) is 0.149. The number of hydrogen-bond acceptors (Lipinski definition) is 6. The summed E-state index contributed by atoms with van der Waals surface area (Å²) in [5.74, 6) is -0.410. The van der Waals surface area contributed by atoms with Gasteiger partial charge in [0.2, 0.25) is 0 Å². The average Bonchev–Trinajstić information content (AvgIpc) is 3.09. The number of carbonyl (C=O) groups excluding carboxylic acids is 3. The molecule has 0 saturated carbocycles. The number of pyridine rings is 1. The van der Waals surface area contributed by atoms with E-state index in [1.807, 2.05) is 36.4 Å². The summed E-state index contributed by atoms with van der Waals surface area (Å²) in [5.41, 5.74) is 2.48. The van der Waals surface area contributed by atoms with Gasteiger partial charge in [-0.3, -0.25) is 24.3 Å². The van der Waals surface area contributed by atoms with Crippen LogP contribution in [0.1, 0.15) is 44.8 Å². The molecule has 0 fully saturated rings. The van der Waals surface area contributed by atoms with Crippen molar-refractivity contribution in [3.8, 4) is 11.5 Å². The average molecular weight is 442 g/mol. The maximum atomic E-state index is 12.4. The SMILES string of the molecule is COc1cc(/C=C/c2ccccn2)ccc1OC(=O)CCCN1C(=O)c2ccccc2C1=O. The third-order valence-electron chi connectivity index (χ3n) is 5.19. The fourth-order valence-corrected chi connectivity index (χ4v) is 3.53. The van der Waals surface area contributed by atoms with Crippen molar-refractivity contribution in [2.45, 2.75) is 12.8 Å². The number of benzene rings is 2. The van der Waals surface area contributed by atoms with Gasteiger partial charge in [0, 0.05) is 19.2 Å². The number of carbonyl (C=O) groups is 3. The summed E-state index contributed by atoms with van der Waals surface area (Å²) in [7, 11) is 1.50. The molecule has 2 aromatic carbocycles. The van der Waals surface area contributed by atoms with Gasteiger partial charge in [0.05, 0.1) is 23.9 Å². The monoisotopic (exact) mass is 442 g/mol. The molecule has 0 saturated heterocycles. The Labute approximate surface area is 191 Å². The van der Waals surface area contributed by atoms with E-state index in [-0.39, 0.29) is 24.8 Å². The molecule has 3 aromatic rings. The van der Waals surface area contributed by atoms with E-state index < -0.39 is 5.97 Å². The van der Waals surface area contributed by atoms with Gasteiger partial charge in [-0.25, -0.2) is 0 Å². The predicted octanol–water partition coefficient (Wildman–Crippen LogP) is 4.24. The maximum Gasteiger partial charge on any atom is 0.311 e. The van der Waals surface area contributed by atoms with Crippen LogP contribution in [0.5, 0.6) is 11.5 Å². The number of fused-ring (bicyclic) bond motifs is 1. The van der Waals surface area contributed by atoms with E-state index in [0.29, 0.717) is 29.0 Å². The number of amides is 2. The molecule has 0 radical (unpaired) electrons. The van der Waals surface area contributed by atoms with Crippen molar-refractivity contribution in [2.75, 3.05) is 13.7 Å². The van der Waals surface area contributed by atoms with Crippen molar-refractivity contribution >= 4 is 29.9 Å². The third kappa shape index (κ3) is 4.98. The topological polar surface area (TPSA) is 85.8 Å². The number of ether oxygens (including phenoxy) is 2. The fourth-order valence-electron chi connectivity index (χ4n) is 3.53. The lowest BCUT2D eigenvalue weighted by Gasteiger charge is -2.14. The van der Waals surface area contributed by atoms with Crippen molar-refractivity contribution in [3.63, 3.8) is 0 Å². The van der Waals surface area contributed by atoms with Gasteiger partial charge in [0.1, 0.15) is 0 Å². The number of aromatic nitrogens is 1. The Balaban J connectivity index is 1.32. The molecule has 0 bridgehead atoms. The lowest BCUT2D eigenvalue weighted by molar-refractivity contribution is -0.134. The van der Waals surface area contributed by atoms with Crippen LogP contribution in [0.2, 0.25) is 0 Å². The highest BCUT2D eigenvalue weighted by Gasteiger charge is 2.34. The smallest absolute Gasteiger partial charge is 0.311 e. The normalized spacial score (nSPS) is 12.8. The van der Waals surface area contributed by atoms with Crippen molar-refractivity contribution in [1.29, 1.82) is 0 Å². The van der Waals surface area contributed by atoms with Gasteiger partial charge >= 0.3 is 5.97 Å². The largest absolute Gasteiger partial charge is 0.493 e. The van der Waals surface area contributed by atoms with Gasteiger partial charge in [0.15, 0.2) is 11.5 Å². The summed E-state index contributed by atoms with van der Waals surface area (Å²) in [4.78, 5) is 42.5. The highest BCUT2D eigenvalue weighted by atomic mass is 16.6. The van der Waals surface area contributed by atoms with Gasteiger partial charge in [0.25, 0.3) is 11.8 Å². The molecule has 0 atom stereocenters. The van der Waals surface area contributed by atoms with Crippen LogP contribution in [-0.4, -0.2) is 41.3 Å². The molecule has 7 heteroatoms. The summed E-state index contributed by atoms with van der Waals surface area (Å²) in [6.07, 6.45) is 5.84. The zero-order valence-corrected chi connectivity index (χ0v) is 18.1. The first kappa shape index (κ1) is 22.0. The molecule has 1 aliphatic rings. The molecule has 0 spiro atoms. The Morgan fingerprint density at radius 3 is 2.33 bits per heavy atom. The van der Waals surface area contributed by atoms with Crippen LogP contribution in [0, 0.1) is 0 Å². The van der Waals surface area contributed by atoms with Gasteiger partial charge in [-0.15, -0.1) is 0 Å². The summed E-state index contributed by atoms with van der Waals surface area (Å²) in [5, 5.41) is 0. The molecule has 7 nitrogen and oxygen atoms in total. The first-order valence-corrected chi connectivity index (χ1v) is 10.5. The first-order chi connectivity index (χ1) is 16.1. The number of esters is 1. The second kappa shape index (κ2) is 9.91. The van der Waals surface area contributed by atoms with Crippen LogP contribution in [0.4, 0.5) is 0 Å². The summed E-state index contributed by atoms with van der Waals surface area (Å²) < 4.78 is 10.8. The van der Waals surface area contributed by atoms with Crippen LogP contribution >= 0.6 is 0 Å². The van der Waals surface area contributed by atoms with Crippen LogP contribution in [0.3, 0.4) is 0 Å². The summed E-state index contributed by atoms with van der Waals surface area (Å²) >= 11 is 0. The number of rotatable bonds is 8. The molecular weight excluding hydrogens is 420 g/mol. The van der Waals surface area contributed by atoms with Crippen LogP contribution < -0.4 is 9.47 Å². The Morgan fingerprint density at radius 1 is 0.939 bits per heavy atom.